The largest absolute Gasteiger partial charge is 0.491 e. The number of nitrogens with one attached hydrogen (secondary N) is 1. The van der Waals surface area contributed by atoms with E-state index in [0.717, 1.165) is 47.6 Å². The second-order valence-electron chi connectivity index (χ2n) is 4.34. The Labute approximate surface area is 108 Å². The van der Waals surface area contributed by atoms with Crippen molar-refractivity contribution in [3.8, 4) is 5.75 Å². The van der Waals surface area contributed by atoms with Gasteiger partial charge in [0.1, 0.15) is 11.3 Å². The molecule has 0 atom stereocenters. The summed E-state index contributed by atoms with van der Waals surface area (Å²) in [5.74, 6) is 0.872. The zero-order valence-corrected chi connectivity index (χ0v) is 11.3. The summed E-state index contributed by atoms with van der Waals surface area (Å²) in [6.07, 6.45) is 1.00. The molecule has 1 aromatic carbocycles. The molecule has 0 saturated carbocycles. The lowest BCUT2D eigenvalue weighted by molar-refractivity contribution is 0.320. The third kappa shape index (κ3) is 2.55. The van der Waals surface area contributed by atoms with Crippen LogP contribution in [0.15, 0.2) is 24.3 Å². The SMILES string of the molecule is CCCOc1cccc2c(NCC)cc(C)nc12. The second kappa shape index (κ2) is 5.71. The number of rotatable bonds is 5. The van der Waals surface area contributed by atoms with Crippen LogP contribution in [0.4, 0.5) is 5.69 Å². The van der Waals surface area contributed by atoms with E-state index in [9.17, 15) is 0 Å². The van der Waals surface area contributed by atoms with Crippen molar-refractivity contribution in [3.63, 3.8) is 0 Å². The maximum absolute atomic E-state index is 5.77. The number of aromatic nitrogens is 1. The number of aryl methyl sites for hydroxylation is 1. The van der Waals surface area contributed by atoms with Gasteiger partial charge >= 0.3 is 0 Å². The minimum absolute atomic E-state index is 0.727. The molecule has 0 saturated heterocycles. The Kier molecular flexibility index (Phi) is 4.03. The summed E-state index contributed by atoms with van der Waals surface area (Å²) in [5, 5.41) is 4.50. The highest BCUT2D eigenvalue weighted by molar-refractivity contribution is 5.95. The van der Waals surface area contributed by atoms with Gasteiger partial charge in [-0.25, -0.2) is 4.98 Å². The highest BCUT2D eigenvalue weighted by Gasteiger charge is 2.08. The van der Waals surface area contributed by atoms with Crippen molar-refractivity contribution in [3.05, 3.63) is 30.0 Å². The molecule has 3 nitrogen and oxygen atoms in total. The van der Waals surface area contributed by atoms with Crippen molar-refractivity contribution >= 4 is 16.6 Å². The molecule has 1 N–H and O–H groups in total. The number of anilines is 1. The Morgan fingerprint density at radius 3 is 2.83 bits per heavy atom. The molecule has 2 aromatic rings. The fourth-order valence-electron chi connectivity index (χ4n) is 2.02. The summed E-state index contributed by atoms with van der Waals surface area (Å²) in [7, 11) is 0. The standard InChI is InChI=1S/C15H20N2O/c1-4-9-18-14-8-6-7-12-13(16-5-2)10-11(3)17-15(12)14/h6-8,10H,4-5,9H2,1-3H3,(H,16,17). The summed E-state index contributed by atoms with van der Waals surface area (Å²) >= 11 is 0. The maximum atomic E-state index is 5.77. The van der Waals surface area contributed by atoms with Crippen molar-refractivity contribution in [2.24, 2.45) is 0 Å². The minimum Gasteiger partial charge on any atom is -0.491 e. The van der Waals surface area contributed by atoms with E-state index in [1.165, 1.54) is 0 Å². The molecule has 0 radical (unpaired) electrons. The number of nitrogens with zero attached hydrogens (tertiary/aromatic N) is 1. The number of hydrogen-bond acceptors (Lipinski definition) is 3. The van der Waals surface area contributed by atoms with Crippen molar-refractivity contribution in [1.29, 1.82) is 0 Å². The van der Waals surface area contributed by atoms with E-state index in [1.807, 2.05) is 19.1 Å². The van der Waals surface area contributed by atoms with Gasteiger partial charge in [0.25, 0.3) is 0 Å². The third-order valence-corrected chi connectivity index (χ3v) is 2.76. The topological polar surface area (TPSA) is 34.1 Å². The first-order valence-electron chi connectivity index (χ1n) is 6.53. The smallest absolute Gasteiger partial charge is 0.145 e. The highest BCUT2D eigenvalue weighted by atomic mass is 16.5. The number of ether oxygens (including phenoxy) is 1. The molecule has 0 unspecified atom stereocenters. The van der Waals surface area contributed by atoms with Crippen LogP contribution >= 0.6 is 0 Å². The van der Waals surface area contributed by atoms with Crippen LogP contribution < -0.4 is 10.1 Å². The predicted molar refractivity (Wildman–Crippen MR) is 76.4 cm³/mol. The number of benzene rings is 1. The van der Waals surface area contributed by atoms with Gasteiger partial charge in [0.2, 0.25) is 0 Å². The van der Waals surface area contributed by atoms with E-state index >= 15 is 0 Å². The molecule has 3 heteroatoms. The van der Waals surface area contributed by atoms with E-state index in [-0.39, 0.29) is 0 Å². The van der Waals surface area contributed by atoms with Gasteiger partial charge in [0.05, 0.1) is 6.61 Å². The molecule has 0 aliphatic carbocycles. The summed E-state index contributed by atoms with van der Waals surface area (Å²) in [6, 6.07) is 8.17. The van der Waals surface area contributed by atoms with Gasteiger partial charge in [-0.3, -0.25) is 0 Å². The monoisotopic (exact) mass is 244 g/mol. The van der Waals surface area contributed by atoms with Crippen LogP contribution in [0.25, 0.3) is 10.9 Å². The first kappa shape index (κ1) is 12.7. The first-order valence-corrected chi connectivity index (χ1v) is 6.53. The van der Waals surface area contributed by atoms with Crippen molar-refractivity contribution < 1.29 is 4.74 Å². The molecule has 1 aromatic heterocycles. The average Bonchev–Trinajstić information content (AvgIpc) is 2.36. The number of fused-ring (bicyclic) bond motifs is 1. The third-order valence-electron chi connectivity index (χ3n) is 2.76. The quantitative estimate of drug-likeness (QED) is 0.869. The lowest BCUT2D eigenvalue weighted by Gasteiger charge is -2.12. The number of para-hydroxylation sites is 1. The van der Waals surface area contributed by atoms with Crippen LogP contribution in [0, 0.1) is 6.92 Å². The van der Waals surface area contributed by atoms with Crippen molar-refractivity contribution in [2.75, 3.05) is 18.5 Å². The van der Waals surface area contributed by atoms with Gasteiger partial charge in [-0.05, 0) is 32.4 Å². The molecule has 0 aliphatic rings. The van der Waals surface area contributed by atoms with E-state index in [4.69, 9.17) is 4.74 Å². The van der Waals surface area contributed by atoms with Crippen LogP contribution in [-0.2, 0) is 0 Å². The lowest BCUT2D eigenvalue weighted by atomic mass is 10.1. The van der Waals surface area contributed by atoms with Gasteiger partial charge in [0, 0.05) is 23.3 Å². The van der Waals surface area contributed by atoms with Gasteiger partial charge in [0.15, 0.2) is 0 Å². The van der Waals surface area contributed by atoms with Crippen molar-refractivity contribution in [2.45, 2.75) is 27.2 Å². The van der Waals surface area contributed by atoms with Crippen LogP contribution in [0.5, 0.6) is 5.75 Å². The fourth-order valence-corrected chi connectivity index (χ4v) is 2.02. The van der Waals surface area contributed by atoms with Crippen LogP contribution in [-0.4, -0.2) is 18.1 Å². The Bertz CT molecular complexity index is 537. The lowest BCUT2D eigenvalue weighted by Crippen LogP contribution is -2.01. The Morgan fingerprint density at radius 1 is 1.28 bits per heavy atom. The van der Waals surface area contributed by atoms with Gasteiger partial charge < -0.3 is 10.1 Å². The number of hydrogen-bond donors (Lipinski definition) is 1. The Balaban J connectivity index is 2.54. The Morgan fingerprint density at radius 2 is 2.11 bits per heavy atom. The fraction of sp³-hybridized carbons (Fsp3) is 0.400. The molecule has 2 rings (SSSR count). The molecular formula is C15H20N2O. The summed E-state index contributed by atoms with van der Waals surface area (Å²) in [5.41, 5.74) is 3.08. The van der Waals surface area contributed by atoms with Gasteiger partial charge in [-0.15, -0.1) is 0 Å². The van der Waals surface area contributed by atoms with E-state index in [2.05, 4.69) is 36.3 Å². The van der Waals surface area contributed by atoms with Gasteiger partial charge in [-0.2, -0.15) is 0 Å². The normalized spacial score (nSPS) is 10.6. The van der Waals surface area contributed by atoms with E-state index in [1.54, 1.807) is 0 Å². The zero-order valence-electron chi connectivity index (χ0n) is 11.3. The highest BCUT2D eigenvalue weighted by Crippen LogP contribution is 2.30. The summed E-state index contributed by atoms with van der Waals surface area (Å²) in [4.78, 5) is 4.61. The molecular weight excluding hydrogens is 224 g/mol. The molecule has 1 heterocycles. The summed E-state index contributed by atoms with van der Waals surface area (Å²) in [6.45, 7) is 7.84. The van der Waals surface area contributed by atoms with Crippen molar-refractivity contribution in [1.82, 2.24) is 4.98 Å². The Hall–Kier alpha value is -1.77. The average molecular weight is 244 g/mol. The number of pyridine rings is 1. The van der Waals surface area contributed by atoms with E-state index in [0.29, 0.717) is 0 Å². The molecule has 18 heavy (non-hydrogen) atoms. The molecule has 0 spiro atoms. The van der Waals surface area contributed by atoms with Crippen LogP contribution in [0.1, 0.15) is 26.0 Å². The molecule has 96 valence electrons. The van der Waals surface area contributed by atoms with E-state index < -0.39 is 0 Å². The second-order valence-corrected chi connectivity index (χ2v) is 4.34. The molecule has 0 fully saturated rings. The van der Waals surface area contributed by atoms with Crippen LogP contribution in [0.3, 0.4) is 0 Å². The first-order chi connectivity index (χ1) is 8.76. The molecule has 0 amide bonds. The van der Waals surface area contributed by atoms with Crippen LogP contribution in [0.2, 0.25) is 0 Å². The molecule has 0 bridgehead atoms. The maximum Gasteiger partial charge on any atom is 0.145 e. The van der Waals surface area contributed by atoms with Gasteiger partial charge in [-0.1, -0.05) is 19.1 Å². The zero-order chi connectivity index (χ0) is 13.0. The predicted octanol–water partition coefficient (Wildman–Crippen LogP) is 3.76. The summed E-state index contributed by atoms with van der Waals surface area (Å²) < 4.78 is 5.77. The minimum atomic E-state index is 0.727. The molecule has 0 aliphatic heterocycles.